The minimum Gasteiger partial charge on any atom is -0.497 e. The van der Waals surface area contributed by atoms with Gasteiger partial charge in [0.15, 0.2) is 11.4 Å². The number of Topliss-reactive ketones (excluding diaryl/α,β-unsaturated/α-hetero) is 1. The summed E-state index contributed by atoms with van der Waals surface area (Å²) in [7, 11) is 2.64. The number of fused-ring (bicyclic) bond motifs is 1. The van der Waals surface area contributed by atoms with E-state index in [2.05, 4.69) is 0 Å². The van der Waals surface area contributed by atoms with E-state index in [9.17, 15) is 24.9 Å². The van der Waals surface area contributed by atoms with E-state index in [1.54, 1.807) is 0 Å². The summed E-state index contributed by atoms with van der Waals surface area (Å²) >= 11 is 0. The fourth-order valence-corrected chi connectivity index (χ4v) is 2.72. The van der Waals surface area contributed by atoms with Crippen molar-refractivity contribution < 1.29 is 34.4 Å². The molecule has 1 aromatic rings. The molecule has 7 heteroatoms. The molecule has 114 valence electrons. The molecule has 0 radical (unpaired) electrons. The summed E-state index contributed by atoms with van der Waals surface area (Å²) in [5, 5.41) is 30.5. The van der Waals surface area contributed by atoms with E-state index < -0.39 is 23.0 Å². The number of benzene rings is 1. The van der Waals surface area contributed by atoms with Crippen LogP contribution in [0.5, 0.6) is 11.5 Å². The summed E-state index contributed by atoms with van der Waals surface area (Å²) in [4.78, 5) is 24.0. The molecular formula is C14H16O7. The topological polar surface area (TPSA) is 113 Å². The number of aliphatic carboxylic acids is 1. The first-order valence-electron chi connectivity index (χ1n) is 6.27. The lowest BCUT2D eigenvalue weighted by atomic mass is 9.86. The maximum atomic E-state index is 12.4. The summed E-state index contributed by atoms with van der Waals surface area (Å²) in [6, 6.07) is 2.63. The van der Waals surface area contributed by atoms with Gasteiger partial charge in [0.05, 0.1) is 19.8 Å². The van der Waals surface area contributed by atoms with Gasteiger partial charge in [-0.1, -0.05) is 6.92 Å². The van der Waals surface area contributed by atoms with Crippen molar-refractivity contribution in [1.82, 2.24) is 0 Å². The zero-order valence-corrected chi connectivity index (χ0v) is 11.8. The minimum absolute atomic E-state index is 0.0352. The van der Waals surface area contributed by atoms with Crippen LogP contribution in [0.15, 0.2) is 12.1 Å². The summed E-state index contributed by atoms with van der Waals surface area (Å²) in [5.74, 6) is -2.37. The Kier molecular flexibility index (Phi) is 3.43. The fraction of sp³-hybridized carbons (Fsp3) is 0.429. The lowest BCUT2D eigenvalue weighted by Gasteiger charge is -2.33. The van der Waals surface area contributed by atoms with Crippen LogP contribution in [0, 0.1) is 0 Å². The van der Waals surface area contributed by atoms with Gasteiger partial charge in [-0.15, -0.1) is 0 Å². The van der Waals surface area contributed by atoms with E-state index >= 15 is 0 Å². The largest absolute Gasteiger partial charge is 0.497 e. The first-order valence-corrected chi connectivity index (χ1v) is 6.27. The third-order valence-corrected chi connectivity index (χ3v) is 3.93. The van der Waals surface area contributed by atoms with Gasteiger partial charge in [-0.25, -0.2) is 4.79 Å². The average Bonchev–Trinajstić information content (AvgIpc) is 2.66. The number of ether oxygens (including phenoxy) is 2. The van der Waals surface area contributed by atoms with Crippen molar-refractivity contribution in [3.63, 3.8) is 0 Å². The van der Waals surface area contributed by atoms with Crippen molar-refractivity contribution in [2.45, 2.75) is 24.5 Å². The molecule has 2 unspecified atom stereocenters. The summed E-state index contributed by atoms with van der Waals surface area (Å²) in [6.45, 7) is 1.42. The molecule has 0 aliphatic heterocycles. The van der Waals surface area contributed by atoms with Crippen LogP contribution in [0.3, 0.4) is 0 Å². The van der Waals surface area contributed by atoms with E-state index in [4.69, 9.17) is 9.47 Å². The van der Waals surface area contributed by atoms with E-state index in [0.29, 0.717) is 0 Å². The molecule has 2 rings (SSSR count). The molecule has 0 fully saturated rings. The molecule has 0 heterocycles. The van der Waals surface area contributed by atoms with Crippen molar-refractivity contribution in [2.24, 2.45) is 0 Å². The minimum atomic E-state index is -2.77. The van der Waals surface area contributed by atoms with Crippen LogP contribution in [-0.2, 0) is 10.4 Å². The molecule has 2 atom stereocenters. The fourth-order valence-electron chi connectivity index (χ4n) is 2.72. The third kappa shape index (κ3) is 1.68. The summed E-state index contributed by atoms with van der Waals surface area (Å²) < 4.78 is 10.1. The number of methoxy groups -OCH3 is 2. The zero-order chi connectivity index (χ0) is 16.0. The van der Waals surface area contributed by atoms with E-state index in [1.165, 1.54) is 33.3 Å². The van der Waals surface area contributed by atoms with Crippen molar-refractivity contribution in [1.29, 1.82) is 0 Å². The quantitative estimate of drug-likeness (QED) is 0.685. The molecule has 1 aliphatic carbocycles. The van der Waals surface area contributed by atoms with Gasteiger partial charge in [-0.05, 0) is 12.5 Å². The molecule has 0 saturated carbocycles. The predicted octanol–water partition coefficient (Wildman–Crippen LogP) is 0.313. The van der Waals surface area contributed by atoms with Crippen molar-refractivity contribution in [3.05, 3.63) is 23.3 Å². The average molecular weight is 297 g/mol. The van der Waals surface area contributed by atoms with Gasteiger partial charge in [0, 0.05) is 11.6 Å². The Balaban J connectivity index is 2.89. The van der Waals surface area contributed by atoms with Crippen LogP contribution in [0.4, 0.5) is 0 Å². The lowest BCUT2D eigenvalue weighted by molar-refractivity contribution is -0.184. The van der Waals surface area contributed by atoms with Gasteiger partial charge in [0.1, 0.15) is 11.5 Å². The van der Waals surface area contributed by atoms with Crippen molar-refractivity contribution in [2.75, 3.05) is 14.2 Å². The van der Waals surface area contributed by atoms with Crippen molar-refractivity contribution in [3.8, 4) is 11.5 Å². The molecule has 0 amide bonds. The maximum absolute atomic E-state index is 12.4. The molecule has 7 nitrogen and oxygen atoms in total. The second-order valence-electron chi connectivity index (χ2n) is 4.81. The maximum Gasteiger partial charge on any atom is 0.344 e. The highest BCUT2D eigenvalue weighted by molar-refractivity contribution is 6.14. The zero-order valence-electron chi connectivity index (χ0n) is 11.8. The molecule has 0 saturated heterocycles. The molecule has 3 N–H and O–H groups in total. The number of carbonyl (C=O) groups excluding carboxylic acids is 1. The molecule has 1 aromatic carbocycles. The van der Waals surface area contributed by atoms with Crippen LogP contribution >= 0.6 is 0 Å². The van der Waals surface area contributed by atoms with E-state index in [0.717, 1.165) is 0 Å². The Hall–Kier alpha value is -2.12. The Morgan fingerprint density at radius 2 is 1.86 bits per heavy atom. The number of aliphatic hydroxyl groups is 2. The van der Waals surface area contributed by atoms with Crippen LogP contribution in [-0.4, -0.2) is 46.9 Å². The van der Waals surface area contributed by atoms with Gasteiger partial charge >= 0.3 is 5.97 Å². The molecule has 0 bridgehead atoms. The first-order chi connectivity index (χ1) is 9.77. The number of hydrogen-bond acceptors (Lipinski definition) is 6. The molecular weight excluding hydrogens is 281 g/mol. The van der Waals surface area contributed by atoms with Gasteiger partial charge in [0.2, 0.25) is 5.60 Å². The highest BCUT2D eigenvalue weighted by Crippen LogP contribution is 2.51. The summed E-state index contributed by atoms with van der Waals surface area (Å²) in [5.41, 5.74) is -5.61. The number of carboxylic acid groups (broad SMARTS) is 1. The first kappa shape index (κ1) is 15.3. The lowest BCUT2D eigenvalue weighted by Crippen LogP contribution is -2.56. The standard InChI is InChI=1S/C14H16O7/c1-4-13(18)11(15)8-5-7(20-2)6-9(21-3)10(8)14(13,19)12(16)17/h5-6,18-19H,4H2,1-3H3,(H,16,17)/i4+1. The third-order valence-electron chi connectivity index (χ3n) is 3.93. The molecule has 0 spiro atoms. The Morgan fingerprint density at radius 1 is 1.24 bits per heavy atom. The number of ketones is 1. The molecule has 21 heavy (non-hydrogen) atoms. The normalized spacial score (nSPS) is 27.4. The van der Waals surface area contributed by atoms with Crippen LogP contribution in [0.1, 0.15) is 29.3 Å². The van der Waals surface area contributed by atoms with Gasteiger partial charge in [-0.2, -0.15) is 0 Å². The van der Waals surface area contributed by atoms with Gasteiger partial charge in [0.25, 0.3) is 0 Å². The number of carboxylic acids is 1. The van der Waals surface area contributed by atoms with Crippen LogP contribution < -0.4 is 9.47 Å². The molecule has 1 aliphatic rings. The van der Waals surface area contributed by atoms with Gasteiger partial charge < -0.3 is 24.8 Å². The predicted molar refractivity (Wildman–Crippen MR) is 70.6 cm³/mol. The number of carbonyl (C=O) groups is 2. The number of hydrogen-bond donors (Lipinski definition) is 3. The highest BCUT2D eigenvalue weighted by Gasteiger charge is 2.67. The van der Waals surface area contributed by atoms with Gasteiger partial charge in [-0.3, -0.25) is 4.79 Å². The second-order valence-corrected chi connectivity index (χ2v) is 4.81. The Labute approximate surface area is 120 Å². The summed E-state index contributed by atoms with van der Waals surface area (Å²) in [6.07, 6.45) is -0.269. The van der Waals surface area contributed by atoms with Crippen molar-refractivity contribution >= 4 is 11.8 Å². The smallest absolute Gasteiger partial charge is 0.344 e. The number of rotatable bonds is 4. The molecule has 0 aromatic heterocycles. The van der Waals surface area contributed by atoms with Crippen LogP contribution in [0.25, 0.3) is 0 Å². The van der Waals surface area contributed by atoms with E-state index in [1.807, 2.05) is 0 Å². The van der Waals surface area contributed by atoms with Crippen LogP contribution in [0.2, 0.25) is 0 Å². The highest BCUT2D eigenvalue weighted by atomic mass is 16.5. The Bertz CT molecular complexity index is 624. The monoisotopic (exact) mass is 297 g/mol. The second kappa shape index (κ2) is 4.71. The SMILES string of the molecule is C[13CH2]C1(O)C(=O)c2cc(OC)cc(OC)c2C1(O)C(=O)O. The van der Waals surface area contributed by atoms with E-state index in [-0.39, 0.29) is 29.0 Å². The Morgan fingerprint density at radius 3 is 2.29 bits per heavy atom.